The van der Waals surface area contributed by atoms with E-state index < -0.39 is 23.7 Å². The molecule has 0 aliphatic carbocycles. The highest BCUT2D eigenvalue weighted by Gasteiger charge is 2.36. The zero-order valence-corrected chi connectivity index (χ0v) is 16.5. The molecular weight excluding hydrogens is 381 g/mol. The fourth-order valence-electron chi connectivity index (χ4n) is 3.41. The molecule has 0 radical (unpaired) electrons. The lowest BCUT2D eigenvalue weighted by Crippen LogP contribution is -2.57. The van der Waals surface area contributed by atoms with Crippen LogP contribution in [0.1, 0.15) is 48.2 Å². The van der Waals surface area contributed by atoms with Crippen LogP contribution in [0.3, 0.4) is 0 Å². The molecule has 1 saturated heterocycles. The predicted molar refractivity (Wildman–Crippen MR) is 105 cm³/mol. The number of nitrogens with zero attached hydrogens (tertiary/aromatic N) is 2. The predicted octanol–water partition coefficient (Wildman–Crippen LogP) is 4.71. The molecule has 0 spiro atoms. The summed E-state index contributed by atoms with van der Waals surface area (Å²) in [4.78, 5) is 28.7. The van der Waals surface area contributed by atoms with Crippen LogP contribution in [-0.2, 0) is 11.0 Å². The van der Waals surface area contributed by atoms with Crippen LogP contribution in [0.4, 0.5) is 18.9 Å². The van der Waals surface area contributed by atoms with E-state index in [4.69, 9.17) is 0 Å². The van der Waals surface area contributed by atoms with E-state index in [0.717, 1.165) is 30.0 Å². The highest BCUT2D eigenvalue weighted by molar-refractivity contribution is 6.03. The lowest BCUT2D eigenvalue weighted by atomic mass is 10.0. The molecule has 0 aromatic heterocycles. The van der Waals surface area contributed by atoms with Gasteiger partial charge in [-0.1, -0.05) is 26.0 Å². The van der Waals surface area contributed by atoms with Gasteiger partial charge in [0, 0.05) is 24.3 Å². The van der Waals surface area contributed by atoms with Gasteiger partial charge >= 0.3 is 6.18 Å². The van der Waals surface area contributed by atoms with Gasteiger partial charge in [-0.15, -0.1) is 0 Å². The van der Waals surface area contributed by atoms with Crippen molar-refractivity contribution in [2.24, 2.45) is 0 Å². The summed E-state index contributed by atoms with van der Waals surface area (Å²) in [6, 6.07) is 11.1. The van der Waals surface area contributed by atoms with Crippen molar-refractivity contribution in [3.05, 3.63) is 65.2 Å². The third kappa shape index (κ3) is 4.28. The molecule has 1 aliphatic rings. The van der Waals surface area contributed by atoms with Gasteiger partial charge in [-0.25, -0.2) is 0 Å². The molecule has 0 bridgehead atoms. The van der Waals surface area contributed by atoms with Gasteiger partial charge in [0.2, 0.25) is 5.91 Å². The molecule has 154 valence electrons. The molecule has 1 heterocycles. The Morgan fingerprint density at radius 3 is 2.10 bits per heavy atom. The van der Waals surface area contributed by atoms with Crippen molar-refractivity contribution in [3.8, 4) is 0 Å². The minimum Gasteiger partial charge on any atom is -0.325 e. The Hall–Kier alpha value is -2.83. The number of hydrogen-bond donors (Lipinski definition) is 0. The third-order valence-electron chi connectivity index (χ3n) is 5.25. The Kier molecular flexibility index (Phi) is 5.68. The minimum absolute atomic E-state index is 0.132. The second-order valence-corrected chi connectivity index (χ2v) is 7.49. The van der Waals surface area contributed by atoms with Crippen LogP contribution < -0.4 is 4.90 Å². The molecule has 0 unspecified atom stereocenters. The summed E-state index contributed by atoms with van der Waals surface area (Å²) in [7, 11) is 0. The van der Waals surface area contributed by atoms with Crippen LogP contribution in [0.25, 0.3) is 0 Å². The van der Waals surface area contributed by atoms with Crippen molar-refractivity contribution in [1.82, 2.24) is 4.90 Å². The smallest absolute Gasteiger partial charge is 0.325 e. The average Bonchev–Trinajstić information content (AvgIpc) is 2.69. The van der Waals surface area contributed by atoms with Gasteiger partial charge < -0.3 is 9.80 Å². The second-order valence-electron chi connectivity index (χ2n) is 7.49. The molecule has 1 atom stereocenters. The summed E-state index contributed by atoms with van der Waals surface area (Å²) in [5.74, 6) is -0.278. The Bertz CT molecular complexity index is 890. The second kappa shape index (κ2) is 7.89. The normalized spacial score (nSPS) is 17.8. The van der Waals surface area contributed by atoms with E-state index in [1.807, 2.05) is 24.3 Å². The monoisotopic (exact) mass is 404 g/mol. The van der Waals surface area contributed by atoms with Gasteiger partial charge in [0.15, 0.2) is 0 Å². The number of piperazine rings is 1. The molecule has 0 saturated carbocycles. The number of rotatable bonds is 3. The fraction of sp³-hybridized carbons (Fsp3) is 0.364. The number of amides is 2. The van der Waals surface area contributed by atoms with E-state index in [0.29, 0.717) is 19.0 Å². The first-order valence-electron chi connectivity index (χ1n) is 9.49. The van der Waals surface area contributed by atoms with Crippen molar-refractivity contribution >= 4 is 17.5 Å². The van der Waals surface area contributed by atoms with Crippen LogP contribution >= 0.6 is 0 Å². The van der Waals surface area contributed by atoms with E-state index in [-0.39, 0.29) is 11.5 Å². The molecule has 1 fully saturated rings. The zero-order chi connectivity index (χ0) is 21.3. The largest absolute Gasteiger partial charge is 0.416 e. The van der Waals surface area contributed by atoms with Gasteiger partial charge in [0.1, 0.15) is 6.04 Å². The van der Waals surface area contributed by atoms with Crippen LogP contribution in [0.2, 0.25) is 0 Å². The van der Waals surface area contributed by atoms with E-state index >= 15 is 0 Å². The zero-order valence-electron chi connectivity index (χ0n) is 16.5. The molecule has 29 heavy (non-hydrogen) atoms. The van der Waals surface area contributed by atoms with Crippen molar-refractivity contribution in [2.45, 2.75) is 38.9 Å². The average molecular weight is 404 g/mol. The molecule has 2 aromatic rings. The van der Waals surface area contributed by atoms with E-state index in [1.54, 1.807) is 11.8 Å². The van der Waals surface area contributed by atoms with Crippen LogP contribution in [-0.4, -0.2) is 35.8 Å². The molecule has 2 amide bonds. The van der Waals surface area contributed by atoms with Crippen molar-refractivity contribution in [2.75, 3.05) is 18.0 Å². The Morgan fingerprint density at radius 2 is 1.59 bits per heavy atom. The summed E-state index contributed by atoms with van der Waals surface area (Å²) < 4.78 is 38.1. The lowest BCUT2D eigenvalue weighted by Gasteiger charge is -2.39. The number of alkyl halides is 3. The summed E-state index contributed by atoms with van der Waals surface area (Å²) in [5.41, 5.74) is 1.26. The van der Waals surface area contributed by atoms with Crippen LogP contribution in [0.5, 0.6) is 0 Å². The van der Waals surface area contributed by atoms with E-state index in [2.05, 4.69) is 13.8 Å². The highest BCUT2D eigenvalue weighted by Crippen LogP contribution is 2.30. The van der Waals surface area contributed by atoms with Gasteiger partial charge in [-0.05, 0) is 54.8 Å². The van der Waals surface area contributed by atoms with E-state index in [1.165, 1.54) is 10.5 Å². The van der Waals surface area contributed by atoms with Crippen LogP contribution in [0, 0.1) is 0 Å². The number of anilines is 1. The maximum Gasteiger partial charge on any atom is 0.416 e. The number of halogens is 3. The Balaban J connectivity index is 1.74. The first kappa shape index (κ1) is 20.9. The van der Waals surface area contributed by atoms with Crippen molar-refractivity contribution in [3.63, 3.8) is 0 Å². The van der Waals surface area contributed by atoms with Gasteiger partial charge in [-0.3, -0.25) is 9.59 Å². The topological polar surface area (TPSA) is 40.6 Å². The van der Waals surface area contributed by atoms with Crippen molar-refractivity contribution < 1.29 is 22.8 Å². The molecule has 0 N–H and O–H groups in total. The summed E-state index contributed by atoms with van der Waals surface area (Å²) >= 11 is 0. The van der Waals surface area contributed by atoms with Gasteiger partial charge in [-0.2, -0.15) is 13.2 Å². The maximum atomic E-state index is 12.9. The number of benzene rings is 2. The molecule has 4 nitrogen and oxygen atoms in total. The lowest BCUT2D eigenvalue weighted by molar-refractivity contribution is -0.137. The van der Waals surface area contributed by atoms with Crippen LogP contribution in [0.15, 0.2) is 48.5 Å². The highest BCUT2D eigenvalue weighted by atomic mass is 19.4. The molecular formula is C22H23F3N2O2. The van der Waals surface area contributed by atoms with Gasteiger partial charge in [0.05, 0.1) is 5.56 Å². The number of carbonyl (C=O) groups excluding carboxylic acids is 2. The minimum atomic E-state index is -4.46. The Morgan fingerprint density at radius 1 is 1.00 bits per heavy atom. The van der Waals surface area contributed by atoms with E-state index in [9.17, 15) is 22.8 Å². The standard InChI is InChI=1S/C22H23F3N2O2/c1-14(2)16-6-10-19(11-7-16)27-13-12-26(15(3)20(27)28)21(29)17-4-8-18(9-5-17)22(23,24)25/h4-11,14-15H,12-13H2,1-3H3/t15-/m0/s1. The van der Waals surface area contributed by atoms with Gasteiger partial charge in [0.25, 0.3) is 5.91 Å². The first-order valence-corrected chi connectivity index (χ1v) is 9.49. The number of hydrogen-bond acceptors (Lipinski definition) is 2. The molecule has 1 aliphatic heterocycles. The third-order valence-corrected chi connectivity index (χ3v) is 5.25. The molecule has 7 heteroatoms. The summed E-state index contributed by atoms with van der Waals surface area (Å²) in [6.07, 6.45) is -4.46. The first-order chi connectivity index (χ1) is 13.6. The molecule has 2 aromatic carbocycles. The SMILES string of the molecule is CC(C)c1ccc(N2CCN(C(=O)c3ccc(C(F)(F)F)cc3)[C@@H](C)C2=O)cc1. The molecule has 3 rings (SSSR count). The summed E-state index contributed by atoms with van der Waals surface area (Å²) in [5, 5.41) is 0. The van der Waals surface area contributed by atoms with Crippen molar-refractivity contribution in [1.29, 1.82) is 0 Å². The summed E-state index contributed by atoms with van der Waals surface area (Å²) in [6.45, 7) is 6.45. The Labute approximate surface area is 167 Å². The number of carbonyl (C=O) groups is 2. The maximum absolute atomic E-state index is 12.9. The fourth-order valence-corrected chi connectivity index (χ4v) is 3.41. The quantitative estimate of drug-likeness (QED) is 0.744.